The molecule has 0 spiro atoms. The van der Waals surface area contributed by atoms with E-state index in [-0.39, 0.29) is 0 Å². The average Bonchev–Trinajstić information content (AvgIpc) is 2.06. The monoisotopic (exact) mass is 153 g/mol. The lowest BCUT2D eigenvalue weighted by Gasteiger charge is -2.36. The third kappa shape index (κ3) is 2.21. The van der Waals surface area contributed by atoms with Crippen molar-refractivity contribution < 1.29 is 0 Å². The van der Waals surface area contributed by atoms with Gasteiger partial charge in [-0.1, -0.05) is 40.0 Å². The van der Waals surface area contributed by atoms with Gasteiger partial charge in [-0.05, 0) is 30.6 Å². The van der Waals surface area contributed by atoms with Gasteiger partial charge in [-0.2, -0.15) is 0 Å². The van der Waals surface area contributed by atoms with Crippen molar-refractivity contribution >= 4 is 0 Å². The minimum atomic E-state index is 0.556. The predicted molar refractivity (Wildman–Crippen MR) is 50.3 cm³/mol. The van der Waals surface area contributed by atoms with Crippen molar-refractivity contribution in [1.82, 2.24) is 0 Å². The van der Waals surface area contributed by atoms with E-state index >= 15 is 0 Å². The molecule has 1 radical (unpaired) electrons. The van der Waals surface area contributed by atoms with Crippen LogP contribution in [0.15, 0.2) is 0 Å². The average molecular weight is 153 g/mol. The maximum absolute atomic E-state index is 2.55. The van der Waals surface area contributed by atoms with E-state index in [4.69, 9.17) is 0 Å². The first kappa shape index (κ1) is 9.09. The van der Waals surface area contributed by atoms with Gasteiger partial charge >= 0.3 is 0 Å². The summed E-state index contributed by atoms with van der Waals surface area (Å²) < 4.78 is 0. The fraction of sp³-hybridized carbons (Fsp3) is 0.909. The maximum Gasteiger partial charge on any atom is -0.0326 e. The number of hydrogen-bond donors (Lipinski definition) is 0. The summed E-state index contributed by atoms with van der Waals surface area (Å²) in [5, 5.41) is 0. The van der Waals surface area contributed by atoms with Gasteiger partial charge in [0.25, 0.3) is 0 Å². The van der Waals surface area contributed by atoms with Crippen LogP contribution in [-0.4, -0.2) is 0 Å². The Morgan fingerprint density at radius 1 is 1.36 bits per heavy atom. The Bertz CT molecular complexity index is 107. The van der Waals surface area contributed by atoms with Gasteiger partial charge in [0.15, 0.2) is 0 Å². The van der Waals surface area contributed by atoms with Gasteiger partial charge in [-0.3, -0.25) is 0 Å². The molecule has 0 heterocycles. The smallest absolute Gasteiger partial charge is 0.0326 e. The summed E-state index contributed by atoms with van der Waals surface area (Å²) in [6.45, 7) is 7.11. The summed E-state index contributed by atoms with van der Waals surface area (Å²) in [7, 11) is 0. The van der Waals surface area contributed by atoms with Crippen molar-refractivity contribution in [2.24, 2.45) is 11.3 Å². The van der Waals surface area contributed by atoms with Crippen LogP contribution < -0.4 is 0 Å². The molecule has 0 N–H and O–H groups in total. The van der Waals surface area contributed by atoms with Crippen LogP contribution in [0.25, 0.3) is 0 Å². The molecule has 1 aliphatic carbocycles. The molecule has 0 aliphatic heterocycles. The lowest BCUT2D eigenvalue weighted by molar-refractivity contribution is 0.197. The molecule has 0 heteroatoms. The third-order valence-corrected chi connectivity index (χ3v) is 3.34. The highest BCUT2D eigenvalue weighted by Crippen LogP contribution is 2.39. The molecule has 0 amide bonds. The zero-order valence-corrected chi connectivity index (χ0v) is 8.19. The van der Waals surface area contributed by atoms with Crippen LogP contribution in [0.1, 0.15) is 52.9 Å². The summed E-state index contributed by atoms with van der Waals surface area (Å²) in [5.74, 6) is 0.890. The molecule has 1 rings (SSSR count). The zero-order valence-electron chi connectivity index (χ0n) is 8.19. The lowest BCUT2D eigenvalue weighted by Crippen LogP contribution is -2.25. The van der Waals surface area contributed by atoms with Gasteiger partial charge in [-0.25, -0.2) is 0 Å². The molecule has 0 aromatic heterocycles. The lowest BCUT2D eigenvalue weighted by atomic mass is 9.70. The van der Waals surface area contributed by atoms with Crippen LogP contribution in [0.2, 0.25) is 0 Å². The maximum atomic E-state index is 2.55. The first-order valence-corrected chi connectivity index (χ1v) is 5.00. The van der Waals surface area contributed by atoms with Crippen LogP contribution in [0, 0.1) is 17.8 Å². The number of hydrogen-bond acceptors (Lipinski definition) is 0. The summed E-state index contributed by atoms with van der Waals surface area (Å²) in [5.41, 5.74) is 0.556. The summed E-state index contributed by atoms with van der Waals surface area (Å²) in [6.07, 6.45) is 9.52. The van der Waals surface area contributed by atoms with E-state index in [1.807, 2.05) is 0 Å². The molecular weight excluding hydrogens is 132 g/mol. The Balaban J connectivity index is 2.43. The van der Waals surface area contributed by atoms with Gasteiger partial charge < -0.3 is 0 Å². The van der Waals surface area contributed by atoms with Crippen molar-refractivity contribution in [2.45, 2.75) is 52.9 Å². The van der Waals surface area contributed by atoms with Crippen LogP contribution >= 0.6 is 0 Å². The molecule has 0 bridgehead atoms. The van der Waals surface area contributed by atoms with Crippen LogP contribution in [0.5, 0.6) is 0 Å². The number of rotatable bonds is 2. The fourth-order valence-electron chi connectivity index (χ4n) is 1.92. The minimum absolute atomic E-state index is 0.556. The molecule has 0 nitrogen and oxygen atoms in total. The summed E-state index contributed by atoms with van der Waals surface area (Å²) >= 11 is 0. The summed E-state index contributed by atoms with van der Waals surface area (Å²) in [6, 6.07) is 0. The Morgan fingerprint density at radius 3 is 2.55 bits per heavy atom. The van der Waals surface area contributed by atoms with E-state index in [0.29, 0.717) is 5.41 Å². The van der Waals surface area contributed by atoms with Crippen LogP contribution in [0.4, 0.5) is 0 Å². The molecule has 1 unspecified atom stereocenters. The molecule has 1 atom stereocenters. The Kier molecular flexibility index (Phi) is 2.98. The van der Waals surface area contributed by atoms with Crippen molar-refractivity contribution in [3.05, 3.63) is 6.42 Å². The third-order valence-electron chi connectivity index (χ3n) is 3.34. The predicted octanol–water partition coefficient (Wildman–Crippen LogP) is 3.82. The van der Waals surface area contributed by atoms with E-state index in [0.717, 1.165) is 5.92 Å². The van der Waals surface area contributed by atoms with Crippen molar-refractivity contribution in [3.8, 4) is 0 Å². The van der Waals surface area contributed by atoms with E-state index in [9.17, 15) is 0 Å². The highest BCUT2D eigenvalue weighted by Gasteiger charge is 2.28. The van der Waals surface area contributed by atoms with Crippen molar-refractivity contribution in [1.29, 1.82) is 0 Å². The van der Waals surface area contributed by atoms with Gasteiger partial charge in [0.2, 0.25) is 0 Å². The SMILES string of the molecule is CCC(C)(C)C1[CH]CCCC1. The normalized spacial score (nSPS) is 22.1. The molecule has 11 heavy (non-hydrogen) atoms. The largest absolute Gasteiger partial charge is 0.0649 e. The standard InChI is InChI=1S/C11H21/c1-4-11(2,3)10-8-6-5-7-9-10/h8,10H,4-7,9H2,1-3H3. The Morgan fingerprint density at radius 2 is 2.09 bits per heavy atom. The molecule has 0 saturated heterocycles. The quantitative estimate of drug-likeness (QED) is 0.566. The van der Waals surface area contributed by atoms with Crippen LogP contribution in [0.3, 0.4) is 0 Å². The fourth-order valence-corrected chi connectivity index (χ4v) is 1.92. The Hall–Kier alpha value is 0. The minimum Gasteiger partial charge on any atom is -0.0649 e. The molecule has 65 valence electrons. The van der Waals surface area contributed by atoms with Gasteiger partial charge in [-0.15, -0.1) is 0 Å². The van der Waals surface area contributed by atoms with E-state index in [1.165, 1.54) is 32.1 Å². The Labute approximate surface area is 71.4 Å². The van der Waals surface area contributed by atoms with Gasteiger partial charge in [0.05, 0.1) is 0 Å². The van der Waals surface area contributed by atoms with E-state index in [2.05, 4.69) is 27.2 Å². The van der Waals surface area contributed by atoms with Gasteiger partial charge in [0.1, 0.15) is 0 Å². The van der Waals surface area contributed by atoms with E-state index < -0.39 is 0 Å². The zero-order chi connectivity index (χ0) is 8.32. The second-order valence-electron chi connectivity index (χ2n) is 4.47. The molecule has 1 aliphatic rings. The summed E-state index contributed by atoms with van der Waals surface area (Å²) in [4.78, 5) is 0. The second kappa shape index (κ2) is 3.60. The first-order chi connectivity index (χ1) is 5.17. The van der Waals surface area contributed by atoms with Crippen molar-refractivity contribution in [2.75, 3.05) is 0 Å². The van der Waals surface area contributed by atoms with Crippen LogP contribution in [-0.2, 0) is 0 Å². The molecule has 1 fully saturated rings. The molecule has 0 aromatic carbocycles. The van der Waals surface area contributed by atoms with Gasteiger partial charge in [0, 0.05) is 0 Å². The van der Waals surface area contributed by atoms with E-state index in [1.54, 1.807) is 0 Å². The molecule has 0 aromatic rings. The molecule has 1 saturated carbocycles. The highest BCUT2D eigenvalue weighted by molar-refractivity contribution is 4.90. The highest BCUT2D eigenvalue weighted by atomic mass is 14.3. The second-order valence-corrected chi connectivity index (χ2v) is 4.47. The first-order valence-electron chi connectivity index (χ1n) is 5.00. The topological polar surface area (TPSA) is 0 Å². The molecular formula is C11H21. The van der Waals surface area contributed by atoms with Crippen molar-refractivity contribution in [3.63, 3.8) is 0 Å².